The predicted molar refractivity (Wildman–Crippen MR) is 125 cm³/mol. The largest absolute Gasteiger partial charge is 0.455 e. The summed E-state index contributed by atoms with van der Waals surface area (Å²) in [5.74, 6) is 6.11. The summed E-state index contributed by atoms with van der Waals surface area (Å²) in [5.41, 5.74) is 4.90. The van der Waals surface area contributed by atoms with Gasteiger partial charge in [-0.1, -0.05) is 42.6 Å². The molecule has 0 amide bonds. The summed E-state index contributed by atoms with van der Waals surface area (Å²) in [6.07, 6.45) is 2.20. The Hall–Kier alpha value is -3.81. The van der Waals surface area contributed by atoms with Crippen molar-refractivity contribution in [3.63, 3.8) is 0 Å². The minimum atomic E-state index is -0.329. The first-order valence-electron chi connectivity index (χ1n) is 10.3. The second kappa shape index (κ2) is 7.71. The van der Waals surface area contributed by atoms with E-state index in [1.807, 2.05) is 61.0 Å². The maximum absolute atomic E-state index is 12.9. The Balaban J connectivity index is 1.49. The smallest absolute Gasteiger partial charge is 0.197 e. The minimum Gasteiger partial charge on any atom is -0.455 e. The van der Waals surface area contributed by atoms with Crippen LogP contribution in [0.3, 0.4) is 0 Å². The molecule has 5 heteroatoms. The number of hydrogen-bond acceptors (Lipinski definition) is 3. The van der Waals surface area contributed by atoms with Crippen LogP contribution in [0.25, 0.3) is 17.2 Å². The van der Waals surface area contributed by atoms with Crippen molar-refractivity contribution in [1.29, 1.82) is 0 Å². The Morgan fingerprint density at radius 1 is 1.00 bits per heavy atom. The number of nitrogens with zero attached hydrogens (tertiary/aromatic N) is 1. The van der Waals surface area contributed by atoms with E-state index in [1.165, 1.54) is 6.08 Å². The molecule has 2 heterocycles. The van der Waals surface area contributed by atoms with Gasteiger partial charge in [-0.25, -0.2) is 0 Å². The molecule has 32 heavy (non-hydrogen) atoms. The zero-order valence-corrected chi connectivity index (χ0v) is 18.3. The summed E-state index contributed by atoms with van der Waals surface area (Å²) < 4.78 is 7.84. The summed E-state index contributed by atoms with van der Waals surface area (Å²) in [6, 6.07) is 16.7. The maximum Gasteiger partial charge on any atom is 0.197 e. The van der Waals surface area contributed by atoms with Gasteiger partial charge in [0.1, 0.15) is 5.76 Å². The number of aromatic nitrogens is 1. The van der Waals surface area contributed by atoms with Gasteiger partial charge in [-0.2, -0.15) is 0 Å². The molecule has 0 fully saturated rings. The SMILES string of the molecule is CCc1cc2c(cc1Cl)C(=O)/C(=C\c1cc3c(cc(C#Cc4ccccc4)n3C)o1)C2=O. The Bertz CT molecular complexity index is 1510. The van der Waals surface area contributed by atoms with E-state index >= 15 is 0 Å². The molecule has 156 valence electrons. The molecule has 0 atom stereocenters. The fourth-order valence-electron chi connectivity index (χ4n) is 3.91. The van der Waals surface area contributed by atoms with E-state index in [2.05, 4.69) is 11.8 Å². The molecule has 5 rings (SSSR count). The summed E-state index contributed by atoms with van der Waals surface area (Å²) >= 11 is 6.25. The van der Waals surface area contributed by atoms with Gasteiger partial charge in [-0.3, -0.25) is 9.59 Å². The Labute approximate surface area is 190 Å². The minimum absolute atomic E-state index is 0.0902. The zero-order valence-electron chi connectivity index (χ0n) is 17.5. The molecular formula is C27H18ClNO3. The summed E-state index contributed by atoms with van der Waals surface area (Å²) in [5, 5.41) is 0.501. The molecular weight excluding hydrogens is 422 g/mol. The number of Topliss-reactive ketones (excluding diaryl/α,β-unsaturated/α-hetero) is 2. The van der Waals surface area contributed by atoms with Crippen LogP contribution < -0.4 is 0 Å². The van der Waals surface area contributed by atoms with Crippen LogP contribution in [0.4, 0.5) is 0 Å². The molecule has 0 bridgehead atoms. The van der Waals surface area contributed by atoms with Crippen LogP contribution in [0, 0.1) is 11.8 Å². The van der Waals surface area contributed by atoms with Gasteiger partial charge in [-0.15, -0.1) is 0 Å². The average Bonchev–Trinajstić information content (AvgIpc) is 3.40. The number of halogens is 1. The van der Waals surface area contributed by atoms with Crippen molar-refractivity contribution in [3.8, 4) is 11.8 Å². The molecule has 4 nitrogen and oxygen atoms in total. The van der Waals surface area contributed by atoms with E-state index in [4.69, 9.17) is 16.0 Å². The standard InChI is InChI=1S/C27H18ClNO3/c1-3-17-11-20-21(15-23(17)28)27(31)22(26(20)30)13-19-14-24-25(32-19)12-18(29(24)2)10-9-16-7-5-4-6-8-16/h4-8,11-15H,3H2,1-2H3/b22-13-. The molecule has 0 unspecified atom stereocenters. The molecule has 0 N–H and O–H groups in total. The van der Waals surface area contributed by atoms with Crippen molar-refractivity contribution in [2.45, 2.75) is 13.3 Å². The first kappa shape index (κ1) is 20.1. The highest BCUT2D eigenvalue weighted by Crippen LogP contribution is 2.33. The molecule has 1 aliphatic rings. The van der Waals surface area contributed by atoms with E-state index in [0.29, 0.717) is 33.9 Å². The number of rotatable bonds is 2. The second-order valence-electron chi connectivity index (χ2n) is 7.66. The highest BCUT2D eigenvalue weighted by Gasteiger charge is 2.34. The number of ketones is 2. The lowest BCUT2D eigenvalue weighted by Crippen LogP contribution is -1.99. The molecule has 2 aromatic carbocycles. The highest BCUT2D eigenvalue weighted by atomic mass is 35.5. The molecule has 4 aromatic rings. The lowest BCUT2D eigenvalue weighted by atomic mass is 10.0. The Morgan fingerprint density at radius 2 is 1.72 bits per heavy atom. The van der Waals surface area contributed by atoms with Gasteiger partial charge in [0, 0.05) is 40.9 Å². The van der Waals surface area contributed by atoms with E-state index in [1.54, 1.807) is 12.1 Å². The maximum atomic E-state index is 12.9. The van der Waals surface area contributed by atoms with Crippen LogP contribution in [-0.4, -0.2) is 16.1 Å². The fraction of sp³-hybridized carbons (Fsp3) is 0.111. The van der Waals surface area contributed by atoms with Gasteiger partial charge in [0.05, 0.1) is 16.8 Å². The van der Waals surface area contributed by atoms with Crippen LogP contribution in [0.2, 0.25) is 5.02 Å². The molecule has 1 aliphatic carbocycles. The topological polar surface area (TPSA) is 52.2 Å². The van der Waals surface area contributed by atoms with Gasteiger partial charge in [0.2, 0.25) is 0 Å². The number of hydrogen-bond donors (Lipinski definition) is 0. The van der Waals surface area contributed by atoms with E-state index in [0.717, 1.165) is 22.3 Å². The molecule has 0 saturated heterocycles. The van der Waals surface area contributed by atoms with E-state index < -0.39 is 0 Å². The third-order valence-corrected chi connectivity index (χ3v) is 6.04. The van der Waals surface area contributed by atoms with Gasteiger partial charge < -0.3 is 8.98 Å². The molecule has 2 aromatic heterocycles. The first-order chi connectivity index (χ1) is 15.5. The predicted octanol–water partition coefficient (Wildman–Crippen LogP) is 5.85. The highest BCUT2D eigenvalue weighted by molar-refractivity contribution is 6.42. The number of fused-ring (bicyclic) bond motifs is 2. The van der Waals surface area contributed by atoms with Crippen molar-refractivity contribution in [3.05, 3.63) is 98.9 Å². The van der Waals surface area contributed by atoms with Crippen LogP contribution in [-0.2, 0) is 13.5 Å². The van der Waals surface area contributed by atoms with Crippen molar-refractivity contribution >= 4 is 40.3 Å². The monoisotopic (exact) mass is 439 g/mol. The first-order valence-corrected chi connectivity index (χ1v) is 10.6. The van der Waals surface area contributed by atoms with Gasteiger partial charge >= 0.3 is 0 Å². The Kier molecular flexibility index (Phi) is 4.84. The number of carbonyl (C=O) groups is 2. The lowest BCUT2D eigenvalue weighted by Gasteiger charge is -2.03. The summed E-state index contributed by atoms with van der Waals surface area (Å²) in [4.78, 5) is 25.7. The van der Waals surface area contributed by atoms with Crippen LogP contribution >= 0.6 is 11.6 Å². The quantitative estimate of drug-likeness (QED) is 0.223. The van der Waals surface area contributed by atoms with Crippen LogP contribution in [0.1, 0.15) is 50.2 Å². The number of allylic oxidation sites excluding steroid dienone is 1. The van der Waals surface area contributed by atoms with Gasteiger partial charge in [0.25, 0.3) is 0 Å². The van der Waals surface area contributed by atoms with Crippen molar-refractivity contribution in [1.82, 2.24) is 4.57 Å². The summed E-state index contributed by atoms with van der Waals surface area (Å²) in [7, 11) is 1.90. The number of carbonyl (C=O) groups excluding carboxylic acids is 2. The van der Waals surface area contributed by atoms with Crippen LogP contribution in [0.15, 0.2) is 64.6 Å². The molecule has 0 saturated carbocycles. The molecule has 0 spiro atoms. The number of furan rings is 1. The number of aryl methyl sites for hydroxylation is 2. The van der Waals surface area contributed by atoms with Crippen molar-refractivity contribution in [2.75, 3.05) is 0 Å². The molecule has 0 aliphatic heterocycles. The Morgan fingerprint density at radius 3 is 2.41 bits per heavy atom. The lowest BCUT2D eigenvalue weighted by molar-refractivity contribution is 0.0990. The third-order valence-electron chi connectivity index (χ3n) is 5.69. The van der Waals surface area contributed by atoms with Crippen molar-refractivity contribution < 1.29 is 14.0 Å². The zero-order chi connectivity index (χ0) is 22.4. The second-order valence-corrected chi connectivity index (χ2v) is 8.07. The average molecular weight is 440 g/mol. The van der Waals surface area contributed by atoms with Crippen LogP contribution in [0.5, 0.6) is 0 Å². The third kappa shape index (κ3) is 3.28. The van der Waals surface area contributed by atoms with Crippen molar-refractivity contribution in [2.24, 2.45) is 7.05 Å². The molecule has 0 radical (unpaired) electrons. The normalized spacial score (nSPS) is 14.2. The number of benzene rings is 2. The van der Waals surface area contributed by atoms with Gasteiger partial charge in [-0.05, 0) is 48.2 Å². The van der Waals surface area contributed by atoms with Gasteiger partial charge in [0.15, 0.2) is 17.1 Å². The van der Waals surface area contributed by atoms with E-state index in [-0.39, 0.29) is 17.1 Å². The fourth-order valence-corrected chi connectivity index (χ4v) is 4.21. The summed E-state index contributed by atoms with van der Waals surface area (Å²) in [6.45, 7) is 1.96. The van der Waals surface area contributed by atoms with E-state index in [9.17, 15) is 9.59 Å².